The number of nitrogens with zero attached hydrogens (tertiary/aromatic N) is 1. The lowest BCUT2D eigenvalue weighted by Gasteiger charge is -2.38. The molecule has 0 atom stereocenters. The van der Waals surface area contributed by atoms with E-state index in [1.807, 2.05) is 11.3 Å². The molecule has 2 saturated carbocycles. The number of hydrogen-bond acceptors (Lipinski definition) is 3. The van der Waals surface area contributed by atoms with Crippen LogP contribution in [0.2, 0.25) is 0 Å². The van der Waals surface area contributed by atoms with Crippen LogP contribution in [0.1, 0.15) is 56.2 Å². The second-order valence-corrected chi connectivity index (χ2v) is 8.19. The molecule has 21 heavy (non-hydrogen) atoms. The van der Waals surface area contributed by atoms with Crippen LogP contribution in [-0.4, -0.2) is 31.1 Å². The molecule has 1 N–H and O–H groups in total. The first-order valence-electron chi connectivity index (χ1n) is 8.72. The molecule has 2 aliphatic carbocycles. The van der Waals surface area contributed by atoms with Gasteiger partial charge >= 0.3 is 0 Å². The topological polar surface area (TPSA) is 15.3 Å². The summed E-state index contributed by atoms with van der Waals surface area (Å²) in [5.41, 5.74) is 0.519. The van der Waals surface area contributed by atoms with Gasteiger partial charge in [0, 0.05) is 30.6 Å². The SMILES string of the molecule is CNCC1(CN(Cc2cccs2)C2CC2)CCCCCC1. The van der Waals surface area contributed by atoms with Gasteiger partial charge in [-0.05, 0) is 49.6 Å². The standard InChI is InChI=1S/C18H30N2S/c1-19-14-18(10-4-2-3-5-11-18)15-20(16-8-9-16)13-17-7-6-12-21-17/h6-7,12,16,19H,2-5,8-11,13-15H2,1H3. The molecule has 0 aromatic carbocycles. The molecule has 0 bridgehead atoms. The fourth-order valence-electron chi connectivity index (χ4n) is 4.03. The summed E-state index contributed by atoms with van der Waals surface area (Å²) in [5.74, 6) is 0. The lowest BCUT2D eigenvalue weighted by Crippen LogP contribution is -2.44. The van der Waals surface area contributed by atoms with Crippen LogP contribution >= 0.6 is 11.3 Å². The Kier molecular flexibility index (Phi) is 5.36. The van der Waals surface area contributed by atoms with Gasteiger partial charge in [0.25, 0.3) is 0 Å². The van der Waals surface area contributed by atoms with E-state index in [4.69, 9.17) is 0 Å². The van der Waals surface area contributed by atoms with Crippen molar-refractivity contribution in [3.63, 3.8) is 0 Å². The summed E-state index contributed by atoms with van der Waals surface area (Å²) >= 11 is 1.92. The highest BCUT2D eigenvalue weighted by Crippen LogP contribution is 2.39. The van der Waals surface area contributed by atoms with Crippen molar-refractivity contribution in [2.24, 2.45) is 5.41 Å². The van der Waals surface area contributed by atoms with Crippen molar-refractivity contribution in [3.8, 4) is 0 Å². The van der Waals surface area contributed by atoms with E-state index in [0.717, 1.165) is 6.04 Å². The molecule has 0 saturated heterocycles. The van der Waals surface area contributed by atoms with Gasteiger partial charge < -0.3 is 5.32 Å². The van der Waals surface area contributed by atoms with E-state index >= 15 is 0 Å². The minimum Gasteiger partial charge on any atom is -0.319 e. The van der Waals surface area contributed by atoms with Crippen LogP contribution in [0, 0.1) is 5.41 Å². The van der Waals surface area contributed by atoms with Crippen LogP contribution in [0.5, 0.6) is 0 Å². The third-order valence-corrected chi connectivity index (χ3v) is 6.12. The first-order valence-corrected chi connectivity index (χ1v) is 9.60. The Balaban J connectivity index is 1.68. The van der Waals surface area contributed by atoms with Gasteiger partial charge in [0.2, 0.25) is 0 Å². The summed E-state index contributed by atoms with van der Waals surface area (Å²) in [5, 5.41) is 5.72. The monoisotopic (exact) mass is 306 g/mol. The van der Waals surface area contributed by atoms with Crippen LogP contribution in [-0.2, 0) is 6.54 Å². The van der Waals surface area contributed by atoms with Gasteiger partial charge in [-0.25, -0.2) is 0 Å². The average Bonchev–Trinajstić information content (AvgIpc) is 3.24. The zero-order valence-electron chi connectivity index (χ0n) is 13.4. The lowest BCUT2D eigenvalue weighted by molar-refractivity contribution is 0.118. The molecule has 2 nitrogen and oxygen atoms in total. The Bertz CT molecular complexity index is 403. The molecule has 3 rings (SSSR count). The molecule has 0 spiro atoms. The molecule has 3 heteroatoms. The van der Waals surface area contributed by atoms with E-state index < -0.39 is 0 Å². The highest BCUT2D eigenvalue weighted by molar-refractivity contribution is 7.09. The molecule has 0 amide bonds. The third-order valence-electron chi connectivity index (χ3n) is 5.26. The molecule has 0 unspecified atom stereocenters. The van der Waals surface area contributed by atoms with Crippen LogP contribution in [0.15, 0.2) is 17.5 Å². The predicted molar refractivity (Wildman–Crippen MR) is 91.8 cm³/mol. The quantitative estimate of drug-likeness (QED) is 0.757. The predicted octanol–water partition coefficient (Wildman–Crippen LogP) is 4.27. The summed E-state index contributed by atoms with van der Waals surface area (Å²) < 4.78 is 0. The van der Waals surface area contributed by atoms with E-state index in [1.165, 1.54) is 75.9 Å². The second kappa shape index (κ2) is 7.26. The summed E-state index contributed by atoms with van der Waals surface area (Å²) in [6.07, 6.45) is 11.4. The molecule has 2 fully saturated rings. The molecule has 2 aliphatic rings. The summed E-state index contributed by atoms with van der Waals surface area (Å²) in [4.78, 5) is 4.34. The molecule has 0 aliphatic heterocycles. The van der Waals surface area contributed by atoms with Gasteiger partial charge in [-0.3, -0.25) is 4.90 Å². The number of hydrogen-bond donors (Lipinski definition) is 1. The highest BCUT2D eigenvalue weighted by Gasteiger charge is 2.37. The number of thiophene rings is 1. The maximum Gasteiger partial charge on any atom is 0.0331 e. The van der Waals surface area contributed by atoms with Crippen molar-refractivity contribution in [1.29, 1.82) is 0 Å². The minimum absolute atomic E-state index is 0.519. The van der Waals surface area contributed by atoms with Crippen molar-refractivity contribution in [1.82, 2.24) is 10.2 Å². The zero-order chi connectivity index (χ0) is 14.5. The van der Waals surface area contributed by atoms with Gasteiger partial charge in [0.15, 0.2) is 0 Å². The molecular formula is C18H30N2S. The molecule has 1 aromatic rings. The van der Waals surface area contributed by atoms with Gasteiger partial charge in [-0.1, -0.05) is 31.7 Å². The largest absolute Gasteiger partial charge is 0.319 e. The Morgan fingerprint density at radius 1 is 1.24 bits per heavy atom. The molecule has 1 aromatic heterocycles. The van der Waals surface area contributed by atoms with Gasteiger partial charge in [-0.2, -0.15) is 0 Å². The Labute approximate surface area is 133 Å². The normalized spacial score (nSPS) is 22.4. The summed E-state index contributed by atoms with van der Waals surface area (Å²) in [6.45, 7) is 3.67. The van der Waals surface area contributed by atoms with E-state index in [9.17, 15) is 0 Å². The maximum atomic E-state index is 3.51. The van der Waals surface area contributed by atoms with Crippen LogP contribution in [0.3, 0.4) is 0 Å². The molecule has 118 valence electrons. The zero-order valence-corrected chi connectivity index (χ0v) is 14.3. The van der Waals surface area contributed by atoms with Gasteiger partial charge in [0.05, 0.1) is 0 Å². The van der Waals surface area contributed by atoms with Crippen LogP contribution in [0.25, 0.3) is 0 Å². The molecule has 0 radical (unpaired) electrons. The minimum atomic E-state index is 0.519. The van der Waals surface area contributed by atoms with E-state index in [-0.39, 0.29) is 0 Å². The van der Waals surface area contributed by atoms with Gasteiger partial charge in [0.1, 0.15) is 0 Å². The Hall–Kier alpha value is -0.380. The third kappa shape index (κ3) is 4.30. The van der Waals surface area contributed by atoms with Crippen LogP contribution in [0.4, 0.5) is 0 Å². The van der Waals surface area contributed by atoms with E-state index in [0.29, 0.717) is 5.41 Å². The molecule has 1 heterocycles. The highest BCUT2D eigenvalue weighted by atomic mass is 32.1. The maximum absolute atomic E-state index is 3.51. The van der Waals surface area contributed by atoms with Crippen molar-refractivity contribution in [3.05, 3.63) is 22.4 Å². The van der Waals surface area contributed by atoms with Crippen molar-refractivity contribution >= 4 is 11.3 Å². The van der Waals surface area contributed by atoms with E-state index in [2.05, 4.69) is 34.8 Å². The smallest absolute Gasteiger partial charge is 0.0331 e. The fraction of sp³-hybridized carbons (Fsp3) is 0.778. The first-order chi connectivity index (χ1) is 10.3. The van der Waals surface area contributed by atoms with Crippen molar-refractivity contribution in [2.75, 3.05) is 20.1 Å². The van der Waals surface area contributed by atoms with Crippen molar-refractivity contribution in [2.45, 2.75) is 64.0 Å². The second-order valence-electron chi connectivity index (χ2n) is 7.16. The van der Waals surface area contributed by atoms with E-state index in [1.54, 1.807) is 0 Å². The van der Waals surface area contributed by atoms with Crippen molar-refractivity contribution < 1.29 is 0 Å². The first kappa shape index (κ1) is 15.5. The summed E-state index contributed by atoms with van der Waals surface area (Å²) in [7, 11) is 2.13. The lowest BCUT2D eigenvalue weighted by atomic mass is 9.79. The molecular weight excluding hydrogens is 276 g/mol. The Morgan fingerprint density at radius 3 is 2.57 bits per heavy atom. The van der Waals surface area contributed by atoms with Crippen LogP contribution < -0.4 is 5.32 Å². The average molecular weight is 307 g/mol. The van der Waals surface area contributed by atoms with Gasteiger partial charge in [-0.15, -0.1) is 11.3 Å². The Morgan fingerprint density at radius 2 is 2.00 bits per heavy atom. The summed E-state index contributed by atoms with van der Waals surface area (Å²) in [6, 6.07) is 5.36. The fourth-order valence-corrected chi connectivity index (χ4v) is 4.76. The number of rotatable bonds is 7. The number of nitrogens with one attached hydrogen (secondary N) is 1.